The van der Waals surface area contributed by atoms with Gasteiger partial charge in [0.1, 0.15) is 0 Å². The van der Waals surface area contributed by atoms with Crippen LogP contribution < -0.4 is 0 Å². The minimum atomic E-state index is -0.598. The molecule has 0 heterocycles. The number of fused-ring (bicyclic) bond motifs is 1. The van der Waals surface area contributed by atoms with E-state index in [4.69, 9.17) is 5.11 Å². The first-order valence-corrected chi connectivity index (χ1v) is 4.19. The van der Waals surface area contributed by atoms with E-state index in [-0.39, 0.29) is 0 Å². The third kappa shape index (κ3) is 0.753. The van der Waals surface area contributed by atoms with Crippen molar-refractivity contribution < 1.29 is 9.90 Å². The second-order valence-electron chi connectivity index (χ2n) is 3.51. The highest BCUT2D eigenvalue weighted by molar-refractivity contribution is 5.80. The van der Waals surface area contributed by atoms with Crippen LogP contribution in [0.25, 0.3) is 0 Å². The fraction of sp³-hybridized carbons (Fsp3) is 0.667. The summed E-state index contributed by atoms with van der Waals surface area (Å²) < 4.78 is 0. The van der Waals surface area contributed by atoms with Crippen molar-refractivity contribution in [2.24, 2.45) is 5.41 Å². The Morgan fingerprint density at radius 1 is 1.55 bits per heavy atom. The molecule has 0 saturated heterocycles. The molecule has 11 heavy (non-hydrogen) atoms. The minimum Gasteiger partial charge on any atom is -0.481 e. The molecule has 1 saturated carbocycles. The molecule has 0 aliphatic heterocycles. The SMILES string of the molecule is O=C(O)C12CCC=C1CCC2. The van der Waals surface area contributed by atoms with Crippen LogP contribution in [0.3, 0.4) is 0 Å². The van der Waals surface area contributed by atoms with Crippen molar-refractivity contribution in [3.05, 3.63) is 11.6 Å². The lowest BCUT2D eigenvalue weighted by atomic mass is 9.83. The Kier molecular flexibility index (Phi) is 1.31. The Hall–Kier alpha value is -0.790. The van der Waals surface area contributed by atoms with Gasteiger partial charge in [0.2, 0.25) is 0 Å². The van der Waals surface area contributed by atoms with E-state index >= 15 is 0 Å². The first-order chi connectivity index (χ1) is 5.26. The van der Waals surface area contributed by atoms with Crippen molar-refractivity contribution >= 4 is 5.97 Å². The molecule has 0 spiro atoms. The van der Waals surface area contributed by atoms with Gasteiger partial charge in [-0.15, -0.1) is 0 Å². The zero-order valence-electron chi connectivity index (χ0n) is 6.47. The predicted molar refractivity (Wildman–Crippen MR) is 41.2 cm³/mol. The van der Waals surface area contributed by atoms with Gasteiger partial charge in [-0.2, -0.15) is 0 Å². The average Bonchev–Trinajstić information content (AvgIpc) is 2.40. The Balaban J connectivity index is 2.37. The van der Waals surface area contributed by atoms with Crippen LogP contribution in [0.15, 0.2) is 11.6 Å². The van der Waals surface area contributed by atoms with E-state index < -0.39 is 11.4 Å². The fourth-order valence-corrected chi connectivity index (χ4v) is 2.41. The smallest absolute Gasteiger partial charge is 0.313 e. The lowest BCUT2D eigenvalue weighted by Crippen LogP contribution is -2.26. The molecule has 2 rings (SSSR count). The van der Waals surface area contributed by atoms with E-state index in [0.29, 0.717) is 0 Å². The number of carboxylic acid groups (broad SMARTS) is 1. The summed E-state index contributed by atoms with van der Waals surface area (Å²) >= 11 is 0. The number of aliphatic carboxylic acids is 1. The number of allylic oxidation sites excluding steroid dienone is 1. The van der Waals surface area contributed by atoms with Gasteiger partial charge in [-0.1, -0.05) is 11.6 Å². The maximum absolute atomic E-state index is 11.0. The summed E-state index contributed by atoms with van der Waals surface area (Å²) in [4.78, 5) is 11.0. The molecule has 2 aliphatic rings. The van der Waals surface area contributed by atoms with Crippen LogP contribution in [0.5, 0.6) is 0 Å². The predicted octanol–water partition coefficient (Wildman–Crippen LogP) is 1.96. The van der Waals surface area contributed by atoms with Crippen molar-refractivity contribution in [3.8, 4) is 0 Å². The first kappa shape index (κ1) is 6.89. The Morgan fingerprint density at radius 2 is 2.36 bits per heavy atom. The highest BCUT2D eigenvalue weighted by Gasteiger charge is 2.46. The maximum Gasteiger partial charge on any atom is 0.313 e. The topological polar surface area (TPSA) is 37.3 Å². The van der Waals surface area contributed by atoms with Crippen LogP contribution >= 0.6 is 0 Å². The summed E-state index contributed by atoms with van der Waals surface area (Å²) in [5, 5.41) is 9.03. The van der Waals surface area contributed by atoms with E-state index in [1.807, 2.05) is 0 Å². The zero-order valence-corrected chi connectivity index (χ0v) is 6.47. The minimum absolute atomic E-state index is 0.417. The van der Waals surface area contributed by atoms with Crippen LogP contribution in [-0.2, 0) is 4.79 Å². The molecular weight excluding hydrogens is 140 g/mol. The van der Waals surface area contributed by atoms with Gasteiger partial charge in [0.25, 0.3) is 0 Å². The van der Waals surface area contributed by atoms with Gasteiger partial charge >= 0.3 is 5.97 Å². The molecule has 0 amide bonds. The van der Waals surface area contributed by atoms with Gasteiger partial charge in [-0.25, -0.2) is 0 Å². The van der Waals surface area contributed by atoms with Crippen LogP contribution in [0, 0.1) is 5.41 Å². The molecule has 0 aromatic rings. The molecule has 2 heteroatoms. The molecule has 0 bridgehead atoms. The molecular formula is C9H12O2. The summed E-state index contributed by atoms with van der Waals surface area (Å²) in [5.41, 5.74) is 0.782. The van der Waals surface area contributed by atoms with Gasteiger partial charge in [0.05, 0.1) is 5.41 Å². The largest absolute Gasteiger partial charge is 0.481 e. The van der Waals surface area contributed by atoms with Crippen molar-refractivity contribution in [1.29, 1.82) is 0 Å². The number of carbonyl (C=O) groups is 1. The van der Waals surface area contributed by atoms with E-state index in [1.165, 1.54) is 5.57 Å². The molecule has 1 N–H and O–H groups in total. The van der Waals surface area contributed by atoms with Crippen molar-refractivity contribution in [2.75, 3.05) is 0 Å². The third-order valence-electron chi connectivity index (χ3n) is 3.04. The van der Waals surface area contributed by atoms with Gasteiger partial charge in [-0.05, 0) is 32.1 Å². The molecule has 0 aromatic carbocycles. The Morgan fingerprint density at radius 3 is 3.00 bits per heavy atom. The summed E-state index contributed by atoms with van der Waals surface area (Å²) in [7, 11) is 0. The molecule has 2 aliphatic carbocycles. The van der Waals surface area contributed by atoms with Crippen LogP contribution in [0.2, 0.25) is 0 Å². The van der Waals surface area contributed by atoms with Gasteiger partial charge in [0, 0.05) is 0 Å². The average molecular weight is 152 g/mol. The third-order valence-corrected chi connectivity index (χ3v) is 3.04. The molecule has 1 unspecified atom stereocenters. The number of hydrogen-bond donors (Lipinski definition) is 1. The number of carboxylic acids is 1. The van der Waals surface area contributed by atoms with Crippen LogP contribution in [-0.4, -0.2) is 11.1 Å². The Bertz CT molecular complexity index is 230. The number of rotatable bonds is 1. The summed E-state index contributed by atoms with van der Waals surface area (Å²) in [6.07, 6.45) is 6.90. The monoisotopic (exact) mass is 152 g/mol. The Labute approximate surface area is 65.9 Å². The van der Waals surface area contributed by atoms with E-state index in [1.54, 1.807) is 0 Å². The highest BCUT2D eigenvalue weighted by Crippen LogP contribution is 2.50. The molecule has 2 nitrogen and oxygen atoms in total. The van der Waals surface area contributed by atoms with Crippen LogP contribution in [0.4, 0.5) is 0 Å². The zero-order chi connectivity index (χ0) is 7.90. The first-order valence-electron chi connectivity index (χ1n) is 4.19. The lowest BCUT2D eigenvalue weighted by molar-refractivity contribution is -0.146. The lowest BCUT2D eigenvalue weighted by Gasteiger charge is -2.20. The molecule has 0 aromatic heterocycles. The van der Waals surface area contributed by atoms with E-state index in [9.17, 15) is 4.79 Å². The van der Waals surface area contributed by atoms with Gasteiger partial charge < -0.3 is 5.11 Å². The second kappa shape index (κ2) is 2.10. The summed E-state index contributed by atoms with van der Waals surface area (Å²) in [5.74, 6) is -0.598. The fourth-order valence-electron chi connectivity index (χ4n) is 2.41. The maximum atomic E-state index is 11.0. The molecule has 0 radical (unpaired) electrons. The normalized spacial score (nSPS) is 35.1. The van der Waals surface area contributed by atoms with Crippen molar-refractivity contribution in [1.82, 2.24) is 0 Å². The molecule has 1 atom stereocenters. The standard InChI is InChI=1S/C9H12O2/c10-8(11)9-5-1-3-7(9)4-2-6-9/h3H,1-2,4-6H2,(H,10,11). The quantitative estimate of drug-likeness (QED) is 0.583. The summed E-state index contributed by atoms with van der Waals surface area (Å²) in [6.45, 7) is 0. The second-order valence-corrected chi connectivity index (χ2v) is 3.51. The molecule has 1 fully saturated rings. The number of hydrogen-bond acceptors (Lipinski definition) is 1. The van der Waals surface area contributed by atoms with E-state index in [0.717, 1.165) is 32.1 Å². The van der Waals surface area contributed by atoms with Crippen LogP contribution in [0.1, 0.15) is 32.1 Å². The van der Waals surface area contributed by atoms with Gasteiger partial charge in [0.15, 0.2) is 0 Å². The van der Waals surface area contributed by atoms with Crippen molar-refractivity contribution in [3.63, 3.8) is 0 Å². The highest BCUT2D eigenvalue weighted by atomic mass is 16.4. The van der Waals surface area contributed by atoms with Crippen molar-refractivity contribution in [2.45, 2.75) is 32.1 Å². The molecule has 60 valence electrons. The van der Waals surface area contributed by atoms with E-state index in [2.05, 4.69) is 6.08 Å². The van der Waals surface area contributed by atoms with Gasteiger partial charge in [-0.3, -0.25) is 4.79 Å². The summed E-state index contributed by atoms with van der Waals surface area (Å²) in [6, 6.07) is 0.